The molecule has 0 saturated heterocycles. The van der Waals surface area contributed by atoms with Gasteiger partial charge >= 0.3 is 0 Å². The van der Waals surface area contributed by atoms with Crippen molar-refractivity contribution in [3.63, 3.8) is 0 Å². The van der Waals surface area contributed by atoms with Gasteiger partial charge in [-0.1, -0.05) is 30.3 Å². The number of benzene rings is 2. The third-order valence-electron chi connectivity index (χ3n) is 3.71. The van der Waals surface area contributed by atoms with Gasteiger partial charge in [0.1, 0.15) is 5.75 Å². The molecule has 0 radical (unpaired) electrons. The van der Waals surface area contributed by atoms with Crippen LogP contribution in [0.1, 0.15) is 11.1 Å². The molecular formula is C19H18N2O2. The highest BCUT2D eigenvalue weighted by atomic mass is 16.5. The molecule has 1 amide bonds. The van der Waals surface area contributed by atoms with Crippen LogP contribution in [-0.4, -0.2) is 10.5 Å². The zero-order chi connectivity index (χ0) is 16.4. The van der Waals surface area contributed by atoms with Gasteiger partial charge in [0.05, 0.1) is 5.52 Å². The van der Waals surface area contributed by atoms with Crippen LogP contribution in [-0.2, 0) is 11.8 Å². The Hall–Kier alpha value is -3.01. The fraction of sp³-hybridized carbons (Fsp3) is 0.105. The number of primary amides is 1. The van der Waals surface area contributed by atoms with Crippen LogP contribution in [0.3, 0.4) is 0 Å². The molecule has 1 heterocycles. The molecule has 4 heteroatoms. The van der Waals surface area contributed by atoms with E-state index in [9.17, 15) is 4.79 Å². The average Bonchev–Trinajstić information content (AvgIpc) is 2.78. The molecule has 1 aromatic heterocycles. The van der Waals surface area contributed by atoms with Crippen LogP contribution in [0, 0.1) is 6.92 Å². The second-order valence-electron chi connectivity index (χ2n) is 5.45. The first-order valence-corrected chi connectivity index (χ1v) is 7.35. The molecule has 116 valence electrons. The second kappa shape index (κ2) is 6.01. The van der Waals surface area contributed by atoms with E-state index in [1.54, 1.807) is 6.08 Å². The minimum atomic E-state index is -0.487. The molecular weight excluding hydrogens is 288 g/mol. The van der Waals surface area contributed by atoms with E-state index in [0.717, 1.165) is 27.8 Å². The zero-order valence-electron chi connectivity index (χ0n) is 13.1. The number of ether oxygens (including phenoxy) is 1. The molecule has 3 aromatic rings. The Balaban J connectivity index is 2.16. The predicted molar refractivity (Wildman–Crippen MR) is 92.4 cm³/mol. The van der Waals surface area contributed by atoms with Crippen molar-refractivity contribution in [1.82, 2.24) is 4.57 Å². The minimum absolute atomic E-state index is 0.487. The van der Waals surface area contributed by atoms with Gasteiger partial charge in [-0.15, -0.1) is 0 Å². The maximum atomic E-state index is 11.1. The highest BCUT2D eigenvalue weighted by Gasteiger charge is 2.15. The van der Waals surface area contributed by atoms with Crippen molar-refractivity contribution < 1.29 is 9.53 Å². The van der Waals surface area contributed by atoms with Crippen molar-refractivity contribution in [2.45, 2.75) is 6.92 Å². The number of para-hydroxylation sites is 1. The van der Waals surface area contributed by atoms with Gasteiger partial charge in [0, 0.05) is 24.1 Å². The van der Waals surface area contributed by atoms with Gasteiger partial charge in [0.25, 0.3) is 0 Å². The summed E-state index contributed by atoms with van der Waals surface area (Å²) >= 11 is 0. The van der Waals surface area contributed by atoms with E-state index in [1.165, 1.54) is 6.08 Å². The van der Waals surface area contributed by atoms with Gasteiger partial charge in [0.15, 0.2) is 0 Å². The van der Waals surface area contributed by atoms with Gasteiger partial charge < -0.3 is 15.0 Å². The molecule has 0 bridgehead atoms. The molecule has 0 atom stereocenters. The summed E-state index contributed by atoms with van der Waals surface area (Å²) in [7, 11) is 1.94. The van der Waals surface area contributed by atoms with E-state index in [4.69, 9.17) is 10.5 Å². The van der Waals surface area contributed by atoms with Crippen molar-refractivity contribution in [2.24, 2.45) is 12.8 Å². The number of fused-ring (bicyclic) bond motifs is 1. The smallest absolute Gasteiger partial charge is 0.241 e. The van der Waals surface area contributed by atoms with Crippen LogP contribution in [0.15, 0.2) is 54.6 Å². The van der Waals surface area contributed by atoms with E-state index in [2.05, 4.69) is 0 Å². The number of aryl methyl sites for hydroxylation is 2. The topological polar surface area (TPSA) is 57.2 Å². The maximum absolute atomic E-state index is 11.1. The third-order valence-corrected chi connectivity index (χ3v) is 3.71. The number of carbonyl (C=O) groups is 1. The number of nitrogens with zero attached hydrogens (tertiary/aromatic N) is 1. The van der Waals surface area contributed by atoms with Crippen molar-refractivity contribution in [1.29, 1.82) is 0 Å². The average molecular weight is 306 g/mol. The fourth-order valence-corrected chi connectivity index (χ4v) is 2.64. The Kier molecular flexibility index (Phi) is 3.89. The Morgan fingerprint density at radius 3 is 2.70 bits per heavy atom. The largest absolute Gasteiger partial charge is 0.440 e. The molecule has 0 spiro atoms. The van der Waals surface area contributed by atoms with Gasteiger partial charge in [0.2, 0.25) is 11.8 Å². The number of hydrogen-bond acceptors (Lipinski definition) is 2. The summed E-state index contributed by atoms with van der Waals surface area (Å²) in [5, 5.41) is 1.01. The fourth-order valence-electron chi connectivity index (χ4n) is 2.64. The SMILES string of the molecule is Cc1cccc(Oc2c(/C=C\C(N)=O)c3ccccc3n2C)c1. The maximum Gasteiger partial charge on any atom is 0.241 e. The number of carbonyl (C=O) groups excluding carboxylic acids is 1. The molecule has 3 rings (SSSR count). The van der Waals surface area contributed by atoms with Crippen molar-refractivity contribution in [3.8, 4) is 11.6 Å². The molecule has 0 fully saturated rings. The lowest BCUT2D eigenvalue weighted by molar-refractivity contribution is -0.113. The Labute approximate surface area is 134 Å². The zero-order valence-corrected chi connectivity index (χ0v) is 13.1. The molecule has 23 heavy (non-hydrogen) atoms. The molecule has 4 nitrogen and oxygen atoms in total. The predicted octanol–water partition coefficient (Wildman–Crippen LogP) is 3.78. The summed E-state index contributed by atoms with van der Waals surface area (Å²) in [6.45, 7) is 2.02. The standard InChI is InChI=1S/C19H18N2O2/c1-13-6-5-7-14(12-13)23-19-16(10-11-18(20)22)15-8-3-4-9-17(15)21(19)2/h3-12H,1-2H3,(H2,20,22)/b11-10-. The third kappa shape index (κ3) is 2.97. The van der Waals surface area contributed by atoms with Gasteiger partial charge in [-0.05, 0) is 36.8 Å². The first-order valence-electron chi connectivity index (χ1n) is 7.35. The quantitative estimate of drug-likeness (QED) is 0.746. The Morgan fingerprint density at radius 1 is 1.17 bits per heavy atom. The summed E-state index contributed by atoms with van der Waals surface area (Å²) in [6.07, 6.45) is 3.06. The number of nitrogens with two attached hydrogens (primary N) is 1. The van der Waals surface area contributed by atoms with Crippen LogP contribution >= 0.6 is 0 Å². The lowest BCUT2D eigenvalue weighted by Gasteiger charge is -2.09. The molecule has 0 saturated carbocycles. The highest BCUT2D eigenvalue weighted by molar-refractivity contribution is 5.97. The first kappa shape index (κ1) is 14.9. The van der Waals surface area contributed by atoms with Gasteiger partial charge in [-0.2, -0.15) is 0 Å². The summed E-state index contributed by atoms with van der Waals surface area (Å²) in [5.74, 6) is 0.943. The summed E-state index contributed by atoms with van der Waals surface area (Å²) in [5.41, 5.74) is 8.22. The van der Waals surface area contributed by atoms with Crippen molar-refractivity contribution >= 4 is 22.9 Å². The van der Waals surface area contributed by atoms with Gasteiger partial charge in [-0.3, -0.25) is 4.79 Å². The summed E-state index contributed by atoms with van der Waals surface area (Å²) in [4.78, 5) is 11.1. The highest BCUT2D eigenvalue weighted by Crippen LogP contribution is 2.35. The van der Waals surface area contributed by atoms with Crippen LogP contribution in [0.5, 0.6) is 11.6 Å². The van der Waals surface area contributed by atoms with Gasteiger partial charge in [-0.25, -0.2) is 0 Å². The van der Waals surface area contributed by atoms with E-state index in [1.807, 2.05) is 67.1 Å². The van der Waals surface area contributed by atoms with E-state index in [-0.39, 0.29) is 0 Å². The molecule has 0 unspecified atom stereocenters. The Morgan fingerprint density at radius 2 is 1.96 bits per heavy atom. The number of amides is 1. The van der Waals surface area contributed by atoms with E-state index >= 15 is 0 Å². The molecule has 2 N–H and O–H groups in total. The molecule has 0 aliphatic rings. The molecule has 0 aliphatic heterocycles. The molecule has 0 aliphatic carbocycles. The lowest BCUT2D eigenvalue weighted by Crippen LogP contribution is -2.05. The monoisotopic (exact) mass is 306 g/mol. The van der Waals surface area contributed by atoms with Crippen LogP contribution in [0.25, 0.3) is 17.0 Å². The summed E-state index contributed by atoms with van der Waals surface area (Å²) in [6, 6.07) is 15.8. The minimum Gasteiger partial charge on any atom is -0.440 e. The first-order chi connectivity index (χ1) is 11.1. The second-order valence-corrected chi connectivity index (χ2v) is 5.45. The number of rotatable bonds is 4. The van der Waals surface area contributed by atoms with Crippen molar-refractivity contribution in [3.05, 3.63) is 65.7 Å². The van der Waals surface area contributed by atoms with Crippen LogP contribution in [0.4, 0.5) is 0 Å². The number of hydrogen-bond donors (Lipinski definition) is 1. The summed E-state index contributed by atoms with van der Waals surface area (Å²) < 4.78 is 8.07. The number of aromatic nitrogens is 1. The van der Waals surface area contributed by atoms with Crippen LogP contribution in [0.2, 0.25) is 0 Å². The van der Waals surface area contributed by atoms with E-state index < -0.39 is 5.91 Å². The Bertz CT molecular complexity index is 907. The molecule has 2 aromatic carbocycles. The lowest BCUT2D eigenvalue weighted by atomic mass is 10.1. The normalized spacial score (nSPS) is 11.2. The van der Waals surface area contributed by atoms with E-state index in [0.29, 0.717) is 5.88 Å². The van der Waals surface area contributed by atoms with Crippen LogP contribution < -0.4 is 10.5 Å². The van der Waals surface area contributed by atoms with Crippen molar-refractivity contribution in [2.75, 3.05) is 0 Å².